The lowest BCUT2D eigenvalue weighted by Gasteiger charge is -2.37. The van der Waals surface area contributed by atoms with Gasteiger partial charge in [-0.25, -0.2) is 9.97 Å². The summed E-state index contributed by atoms with van der Waals surface area (Å²) in [5.74, 6) is 3.09. The Bertz CT molecular complexity index is 730. The summed E-state index contributed by atoms with van der Waals surface area (Å²) in [4.78, 5) is 25.4. The number of anilines is 1. The summed E-state index contributed by atoms with van der Waals surface area (Å²) in [6.45, 7) is 6.17. The van der Waals surface area contributed by atoms with Gasteiger partial charge < -0.3 is 10.2 Å². The summed E-state index contributed by atoms with van der Waals surface area (Å²) in [6.07, 6.45) is 8.61. The van der Waals surface area contributed by atoms with Crippen molar-refractivity contribution in [2.24, 2.45) is 0 Å². The summed E-state index contributed by atoms with van der Waals surface area (Å²) in [6, 6.07) is 4.03. The van der Waals surface area contributed by atoms with Crippen molar-refractivity contribution < 1.29 is 4.79 Å². The van der Waals surface area contributed by atoms with Gasteiger partial charge in [0.15, 0.2) is 0 Å². The fourth-order valence-corrected chi connectivity index (χ4v) is 3.60. The maximum absolute atomic E-state index is 11.8. The largest absolute Gasteiger partial charge is 0.354 e. The van der Waals surface area contributed by atoms with Crippen LogP contribution in [0.3, 0.4) is 0 Å². The lowest BCUT2D eigenvalue weighted by Crippen LogP contribution is -2.47. The van der Waals surface area contributed by atoms with Crippen molar-refractivity contribution in [3.8, 4) is 12.3 Å². The van der Waals surface area contributed by atoms with Crippen LogP contribution in [0.2, 0.25) is 0 Å². The van der Waals surface area contributed by atoms with Crippen LogP contribution in [0, 0.1) is 12.3 Å². The lowest BCUT2D eigenvalue weighted by molar-refractivity contribution is 0.0958. The summed E-state index contributed by atoms with van der Waals surface area (Å²) >= 11 is 1.70. The first-order valence-electron chi connectivity index (χ1n) is 8.25. The van der Waals surface area contributed by atoms with E-state index in [0.717, 1.165) is 37.0 Å². The average molecular weight is 355 g/mol. The van der Waals surface area contributed by atoms with Crippen LogP contribution in [-0.2, 0) is 0 Å². The highest BCUT2D eigenvalue weighted by Gasteiger charge is 2.24. The zero-order valence-electron chi connectivity index (χ0n) is 14.2. The Balaban J connectivity index is 1.56. The molecule has 1 N–H and O–H groups in total. The first-order chi connectivity index (χ1) is 12.2. The molecule has 3 heterocycles. The smallest absolute Gasteiger partial charge is 0.253 e. The van der Waals surface area contributed by atoms with E-state index < -0.39 is 0 Å². The van der Waals surface area contributed by atoms with Crippen LogP contribution in [0.4, 0.5) is 5.82 Å². The lowest BCUT2D eigenvalue weighted by atomic mass is 10.2. The van der Waals surface area contributed by atoms with Gasteiger partial charge in [-0.05, 0) is 19.1 Å². The van der Waals surface area contributed by atoms with E-state index in [9.17, 15) is 4.79 Å². The second kappa shape index (κ2) is 8.10. The second-order valence-electron chi connectivity index (χ2n) is 5.86. The third-order valence-corrected chi connectivity index (χ3v) is 5.30. The minimum absolute atomic E-state index is 0.195. The van der Waals surface area contributed by atoms with Crippen LogP contribution >= 0.6 is 11.3 Å². The predicted molar refractivity (Wildman–Crippen MR) is 99.7 cm³/mol. The zero-order valence-corrected chi connectivity index (χ0v) is 15.0. The first kappa shape index (κ1) is 17.4. The summed E-state index contributed by atoms with van der Waals surface area (Å²) in [5, 5.41) is 5.82. The zero-order chi connectivity index (χ0) is 17.6. The molecule has 0 aliphatic carbocycles. The molecule has 25 heavy (non-hydrogen) atoms. The Morgan fingerprint density at radius 3 is 2.76 bits per heavy atom. The molecular formula is C18H21N5OS. The monoisotopic (exact) mass is 355 g/mol. The van der Waals surface area contributed by atoms with E-state index in [1.54, 1.807) is 23.6 Å². The van der Waals surface area contributed by atoms with Crippen LogP contribution in [0.25, 0.3) is 0 Å². The van der Waals surface area contributed by atoms with E-state index in [2.05, 4.69) is 37.9 Å². The third kappa shape index (κ3) is 4.16. The van der Waals surface area contributed by atoms with Crippen LogP contribution in [0.1, 0.15) is 28.3 Å². The number of nitrogens with one attached hydrogen (secondary N) is 1. The standard InChI is InChI=1S/C18H21N5OS/c1-3-6-19-17(24)15-4-5-16(21-13-15)23-10-8-22(9-11-23)14(2)18-20-7-12-25-18/h1,4-5,7,12-14H,6,8-11H2,2H3,(H,19,24). The molecule has 0 aromatic carbocycles. The van der Waals surface area contributed by atoms with Crippen LogP contribution in [-0.4, -0.2) is 53.5 Å². The number of thiazole rings is 1. The molecule has 1 unspecified atom stereocenters. The van der Waals surface area contributed by atoms with Crippen molar-refractivity contribution >= 4 is 23.1 Å². The van der Waals surface area contributed by atoms with Crippen molar-refractivity contribution in [1.29, 1.82) is 0 Å². The van der Waals surface area contributed by atoms with E-state index in [0.29, 0.717) is 11.6 Å². The molecule has 1 amide bonds. The Morgan fingerprint density at radius 2 is 2.16 bits per heavy atom. The van der Waals surface area contributed by atoms with Gasteiger partial charge in [0.25, 0.3) is 5.91 Å². The minimum Gasteiger partial charge on any atom is -0.354 e. The van der Waals surface area contributed by atoms with Crippen LogP contribution in [0.15, 0.2) is 29.9 Å². The average Bonchev–Trinajstić information content (AvgIpc) is 3.20. The topological polar surface area (TPSA) is 61.4 Å². The number of hydrogen-bond donors (Lipinski definition) is 1. The van der Waals surface area contributed by atoms with Gasteiger partial charge >= 0.3 is 0 Å². The molecule has 1 aliphatic heterocycles. The number of rotatable bonds is 5. The molecule has 1 fully saturated rings. The maximum Gasteiger partial charge on any atom is 0.253 e. The molecule has 1 saturated heterocycles. The van der Waals surface area contributed by atoms with Gasteiger partial charge in [-0.1, -0.05) is 5.92 Å². The predicted octanol–water partition coefficient (Wildman–Crippen LogP) is 1.78. The van der Waals surface area contributed by atoms with Crippen molar-refractivity contribution in [3.05, 3.63) is 40.5 Å². The minimum atomic E-state index is -0.195. The number of amides is 1. The van der Waals surface area contributed by atoms with Crippen molar-refractivity contribution in [2.45, 2.75) is 13.0 Å². The van der Waals surface area contributed by atoms with Gasteiger partial charge in [0.05, 0.1) is 18.2 Å². The third-order valence-electron chi connectivity index (χ3n) is 4.36. The highest BCUT2D eigenvalue weighted by atomic mass is 32.1. The van der Waals surface area contributed by atoms with Gasteiger partial charge in [0.2, 0.25) is 0 Å². The SMILES string of the molecule is C#CCNC(=O)c1ccc(N2CCN(C(C)c3nccs3)CC2)nc1. The normalized spacial score (nSPS) is 16.2. The summed E-state index contributed by atoms with van der Waals surface area (Å²) in [5.41, 5.74) is 0.523. The number of pyridine rings is 1. The van der Waals surface area contributed by atoms with E-state index in [4.69, 9.17) is 6.42 Å². The van der Waals surface area contributed by atoms with Gasteiger partial charge in [-0.15, -0.1) is 17.8 Å². The van der Waals surface area contributed by atoms with E-state index in [1.807, 2.05) is 17.6 Å². The van der Waals surface area contributed by atoms with Gasteiger partial charge in [-0.3, -0.25) is 9.69 Å². The Morgan fingerprint density at radius 1 is 1.36 bits per heavy atom. The number of nitrogens with zero attached hydrogens (tertiary/aromatic N) is 4. The number of piperazine rings is 1. The number of aromatic nitrogens is 2. The number of carbonyl (C=O) groups is 1. The second-order valence-corrected chi connectivity index (χ2v) is 6.79. The molecule has 2 aromatic rings. The molecule has 1 aliphatic rings. The molecule has 0 radical (unpaired) electrons. The molecule has 3 rings (SSSR count). The number of carbonyl (C=O) groups excluding carboxylic acids is 1. The molecule has 2 aromatic heterocycles. The Kier molecular flexibility index (Phi) is 5.64. The van der Waals surface area contributed by atoms with Crippen molar-refractivity contribution in [1.82, 2.24) is 20.2 Å². The molecule has 0 saturated carbocycles. The van der Waals surface area contributed by atoms with Crippen molar-refractivity contribution in [2.75, 3.05) is 37.6 Å². The Labute approximate surface area is 151 Å². The molecule has 0 bridgehead atoms. The van der Waals surface area contributed by atoms with E-state index in [1.165, 1.54) is 0 Å². The van der Waals surface area contributed by atoms with Crippen LogP contribution in [0.5, 0.6) is 0 Å². The van der Waals surface area contributed by atoms with Gasteiger partial charge in [-0.2, -0.15) is 0 Å². The molecule has 130 valence electrons. The highest BCUT2D eigenvalue weighted by molar-refractivity contribution is 7.09. The summed E-state index contributed by atoms with van der Waals surface area (Å²) < 4.78 is 0. The summed E-state index contributed by atoms with van der Waals surface area (Å²) in [7, 11) is 0. The molecule has 1 atom stereocenters. The van der Waals surface area contributed by atoms with Gasteiger partial charge in [0, 0.05) is 44.0 Å². The quantitative estimate of drug-likeness (QED) is 0.829. The Hall–Kier alpha value is -2.43. The number of hydrogen-bond acceptors (Lipinski definition) is 6. The molecule has 6 nitrogen and oxygen atoms in total. The first-order valence-corrected chi connectivity index (χ1v) is 9.13. The fraction of sp³-hybridized carbons (Fsp3) is 0.389. The molecular weight excluding hydrogens is 334 g/mol. The molecule has 0 spiro atoms. The highest BCUT2D eigenvalue weighted by Crippen LogP contribution is 2.24. The van der Waals surface area contributed by atoms with Crippen LogP contribution < -0.4 is 10.2 Å². The fourth-order valence-electron chi connectivity index (χ4n) is 2.88. The number of terminal acetylenes is 1. The molecule has 7 heteroatoms. The van der Waals surface area contributed by atoms with Gasteiger partial charge in [0.1, 0.15) is 10.8 Å². The van der Waals surface area contributed by atoms with Crippen molar-refractivity contribution in [3.63, 3.8) is 0 Å². The van der Waals surface area contributed by atoms with E-state index in [-0.39, 0.29) is 12.5 Å². The maximum atomic E-state index is 11.8. The van der Waals surface area contributed by atoms with E-state index >= 15 is 0 Å².